The van der Waals surface area contributed by atoms with E-state index in [0.29, 0.717) is 6.42 Å². The van der Waals surface area contributed by atoms with Gasteiger partial charge in [0.05, 0.1) is 12.7 Å². The van der Waals surface area contributed by atoms with Crippen molar-refractivity contribution in [1.82, 2.24) is 0 Å². The molecule has 0 heterocycles. The average Bonchev–Trinajstić information content (AvgIpc) is 2.19. The Labute approximate surface area is 98.0 Å². The third kappa shape index (κ3) is 5.70. The van der Waals surface area contributed by atoms with E-state index in [0.717, 1.165) is 11.1 Å². The lowest BCUT2D eigenvalue weighted by Gasteiger charge is -2.13. The number of benzene rings is 1. The van der Waals surface area contributed by atoms with Crippen molar-refractivity contribution in [3.8, 4) is 0 Å². The van der Waals surface area contributed by atoms with Gasteiger partial charge in [-0.15, -0.1) is 0 Å². The van der Waals surface area contributed by atoms with Crippen molar-refractivity contribution in [2.24, 2.45) is 0 Å². The summed E-state index contributed by atoms with van der Waals surface area (Å²) in [7, 11) is 0. The van der Waals surface area contributed by atoms with Crippen molar-refractivity contribution in [1.29, 1.82) is 0 Å². The summed E-state index contributed by atoms with van der Waals surface area (Å²) < 4.78 is 39.8. The Morgan fingerprint density at radius 2 is 1.94 bits per heavy atom. The van der Waals surface area contributed by atoms with Crippen molar-refractivity contribution >= 4 is 0 Å². The second-order valence-corrected chi connectivity index (χ2v) is 3.91. The molecular formula is C12H15F3O2. The Bertz CT molecular complexity index is 350. The van der Waals surface area contributed by atoms with Crippen LogP contribution in [-0.2, 0) is 11.2 Å². The number of hydrogen-bond acceptors (Lipinski definition) is 2. The number of rotatable bonds is 5. The van der Waals surface area contributed by atoms with E-state index in [-0.39, 0.29) is 6.61 Å². The highest BCUT2D eigenvalue weighted by Crippen LogP contribution is 2.15. The van der Waals surface area contributed by atoms with E-state index in [1.54, 1.807) is 0 Å². The van der Waals surface area contributed by atoms with Crippen LogP contribution in [0.1, 0.15) is 11.1 Å². The lowest BCUT2D eigenvalue weighted by Crippen LogP contribution is -2.24. The summed E-state index contributed by atoms with van der Waals surface area (Å²) in [5.41, 5.74) is 1.91. The third-order valence-electron chi connectivity index (χ3n) is 2.29. The van der Waals surface area contributed by atoms with Crippen molar-refractivity contribution < 1.29 is 23.0 Å². The first-order valence-electron chi connectivity index (χ1n) is 5.25. The summed E-state index contributed by atoms with van der Waals surface area (Å²) in [4.78, 5) is 0. The van der Waals surface area contributed by atoms with Crippen LogP contribution in [-0.4, -0.2) is 30.6 Å². The van der Waals surface area contributed by atoms with Gasteiger partial charge in [0.2, 0.25) is 0 Å². The predicted octanol–water partition coefficient (Wildman–Crippen LogP) is 2.48. The Hall–Kier alpha value is -1.07. The molecule has 0 bridgehead atoms. The van der Waals surface area contributed by atoms with Gasteiger partial charge in [0.25, 0.3) is 0 Å². The molecule has 2 nitrogen and oxygen atoms in total. The van der Waals surface area contributed by atoms with Gasteiger partial charge in [-0.05, 0) is 18.1 Å². The molecule has 0 amide bonds. The maximum Gasteiger partial charge on any atom is 0.411 e. The molecule has 0 fully saturated rings. The van der Waals surface area contributed by atoms with Gasteiger partial charge in [-0.2, -0.15) is 13.2 Å². The topological polar surface area (TPSA) is 29.5 Å². The largest absolute Gasteiger partial charge is 0.411 e. The molecule has 0 aliphatic carbocycles. The van der Waals surface area contributed by atoms with Gasteiger partial charge in [0.1, 0.15) is 6.61 Å². The molecular weight excluding hydrogens is 233 g/mol. The summed E-state index contributed by atoms with van der Waals surface area (Å²) in [5, 5.41) is 9.53. The Morgan fingerprint density at radius 1 is 1.29 bits per heavy atom. The van der Waals surface area contributed by atoms with Crippen LogP contribution in [0.4, 0.5) is 13.2 Å². The van der Waals surface area contributed by atoms with Crippen LogP contribution < -0.4 is 0 Å². The van der Waals surface area contributed by atoms with Crippen molar-refractivity contribution in [2.75, 3.05) is 13.2 Å². The highest BCUT2D eigenvalue weighted by atomic mass is 19.4. The van der Waals surface area contributed by atoms with Crippen molar-refractivity contribution in [3.63, 3.8) is 0 Å². The highest BCUT2D eigenvalue weighted by molar-refractivity contribution is 5.26. The normalized spacial score (nSPS) is 13.7. The van der Waals surface area contributed by atoms with E-state index in [1.165, 1.54) is 0 Å². The molecule has 5 heteroatoms. The monoisotopic (exact) mass is 248 g/mol. The molecule has 96 valence electrons. The molecule has 0 radical (unpaired) electrons. The first kappa shape index (κ1) is 14.0. The van der Waals surface area contributed by atoms with E-state index >= 15 is 0 Å². The van der Waals surface area contributed by atoms with Crippen LogP contribution in [0.15, 0.2) is 24.3 Å². The molecule has 1 rings (SSSR count). The van der Waals surface area contributed by atoms with Crippen LogP contribution in [0.2, 0.25) is 0 Å². The molecule has 0 aliphatic rings. The van der Waals surface area contributed by atoms with Gasteiger partial charge in [-0.1, -0.05) is 24.3 Å². The zero-order valence-corrected chi connectivity index (χ0v) is 9.50. The smallest absolute Gasteiger partial charge is 0.390 e. The fourth-order valence-electron chi connectivity index (χ4n) is 1.46. The van der Waals surface area contributed by atoms with E-state index in [4.69, 9.17) is 0 Å². The number of halogens is 3. The molecule has 0 aliphatic heterocycles. The first-order chi connectivity index (χ1) is 7.88. The van der Waals surface area contributed by atoms with E-state index < -0.39 is 18.9 Å². The van der Waals surface area contributed by atoms with Gasteiger partial charge in [-0.3, -0.25) is 0 Å². The first-order valence-corrected chi connectivity index (χ1v) is 5.25. The summed E-state index contributed by atoms with van der Waals surface area (Å²) in [5.74, 6) is 0. The van der Waals surface area contributed by atoms with Crippen molar-refractivity contribution in [2.45, 2.75) is 25.6 Å². The average molecular weight is 248 g/mol. The maximum atomic E-state index is 11.8. The lowest BCUT2D eigenvalue weighted by atomic mass is 10.0. The molecule has 1 N–H and O–H groups in total. The van der Waals surface area contributed by atoms with Gasteiger partial charge < -0.3 is 9.84 Å². The van der Waals surface area contributed by atoms with Gasteiger partial charge in [0.15, 0.2) is 0 Å². The zero-order valence-electron chi connectivity index (χ0n) is 9.50. The quantitative estimate of drug-likeness (QED) is 0.867. The molecule has 1 aromatic rings. The molecule has 17 heavy (non-hydrogen) atoms. The third-order valence-corrected chi connectivity index (χ3v) is 2.29. The Kier molecular flexibility index (Phi) is 4.96. The molecule has 0 spiro atoms. The van der Waals surface area contributed by atoms with Crippen LogP contribution in [0.25, 0.3) is 0 Å². The fraction of sp³-hybridized carbons (Fsp3) is 0.500. The van der Waals surface area contributed by atoms with Gasteiger partial charge in [-0.25, -0.2) is 0 Å². The van der Waals surface area contributed by atoms with Crippen LogP contribution in [0.3, 0.4) is 0 Å². The van der Waals surface area contributed by atoms with Crippen LogP contribution >= 0.6 is 0 Å². The molecule has 0 saturated carbocycles. The SMILES string of the molecule is Cc1ccccc1CC(O)COCC(F)(F)F. The number of ether oxygens (including phenoxy) is 1. The molecule has 1 aromatic carbocycles. The highest BCUT2D eigenvalue weighted by Gasteiger charge is 2.27. The minimum atomic E-state index is -4.34. The fourth-order valence-corrected chi connectivity index (χ4v) is 1.46. The van der Waals surface area contributed by atoms with Crippen molar-refractivity contribution in [3.05, 3.63) is 35.4 Å². The second-order valence-electron chi connectivity index (χ2n) is 3.91. The Balaban J connectivity index is 2.35. The number of hydrogen-bond donors (Lipinski definition) is 1. The molecule has 0 aromatic heterocycles. The maximum absolute atomic E-state index is 11.8. The molecule has 1 unspecified atom stereocenters. The van der Waals surface area contributed by atoms with Gasteiger partial charge >= 0.3 is 6.18 Å². The number of aliphatic hydroxyl groups is 1. The molecule has 1 atom stereocenters. The summed E-state index contributed by atoms with van der Waals surface area (Å²) in [6.45, 7) is 0.254. The van der Waals surface area contributed by atoms with E-state index in [2.05, 4.69) is 4.74 Å². The summed E-state index contributed by atoms with van der Waals surface area (Å²) >= 11 is 0. The number of aliphatic hydroxyl groups excluding tert-OH is 1. The Morgan fingerprint density at radius 3 is 2.53 bits per heavy atom. The number of alkyl halides is 3. The minimum absolute atomic E-state index is 0.296. The van der Waals surface area contributed by atoms with Gasteiger partial charge in [0, 0.05) is 6.42 Å². The summed E-state index contributed by atoms with van der Waals surface area (Å²) in [6, 6.07) is 7.41. The second kappa shape index (κ2) is 6.02. The standard InChI is InChI=1S/C12H15F3O2/c1-9-4-2-3-5-10(9)6-11(16)7-17-8-12(13,14)15/h2-5,11,16H,6-8H2,1H3. The van der Waals surface area contributed by atoms with Crippen LogP contribution in [0.5, 0.6) is 0 Å². The zero-order chi connectivity index (χ0) is 12.9. The molecule has 0 saturated heterocycles. The van der Waals surface area contributed by atoms with E-state index in [9.17, 15) is 18.3 Å². The summed E-state index contributed by atoms with van der Waals surface area (Å²) in [6.07, 6.45) is -4.97. The predicted molar refractivity (Wildman–Crippen MR) is 57.8 cm³/mol. The minimum Gasteiger partial charge on any atom is -0.390 e. The number of aryl methyl sites for hydroxylation is 1. The van der Waals surface area contributed by atoms with Crippen LogP contribution in [0, 0.1) is 6.92 Å². The van der Waals surface area contributed by atoms with E-state index in [1.807, 2.05) is 31.2 Å². The lowest BCUT2D eigenvalue weighted by molar-refractivity contribution is -0.179.